The molecule has 0 spiro atoms. The number of carbonyl (C=O) groups excluding carboxylic acids is 2. The zero-order valence-electron chi connectivity index (χ0n) is 15.2. The van der Waals surface area contributed by atoms with Crippen LogP contribution in [-0.4, -0.2) is 18.4 Å². The third-order valence-corrected chi connectivity index (χ3v) is 4.94. The molecule has 1 heterocycles. The molecule has 0 aliphatic carbocycles. The molecule has 1 fully saturated rings. The van der Waals surface area contributed by atoms with E-state index in [2.05, 4.69) is 5.32 Å². The topological polar surface area (TPSA) is 49.4 Å². The molecule has 0 radical (unpaired) electrons. The summed E-state index contributed by atoms with van der Waals surface area (Å²) in [7, 11) is 0. The SMILES string of the molecule is Cc1ccc(NC(=O)[C@@H]2CC(=O)N(c3ccc(C)c(C)c3)C2)c(C)c1. The fourth-order valence-electron chi connectivity index (χ4n) is 3.21. The first kappa shape index (κ1) is 17.2. The fraction of sp³-hybridized carbons (Fsp3) is 0.333. The number of nitrogens with one attached hydrogen (secondary N) is 1. The monoisotopic (exact) mass is 336 g/mol. The minimum Gasteiger partial charge on any atom is -0.326 e. The summed E-state index contributed by atoms with van der Waals surface area (Å²) in [6.07, 6.45) is 0.254. The van der Waals surface area contributed by atoms with Crippen molar-refractivity contribution in [2.75, 3.05) is 16.8 Å². The largest absolute Gasteiger partial charge is 0.326 e. The highest BCUT2D eigenvalue weighted by Crippen LogP contribution is 2.28. The molecule has 1 aliphatic heterocycles. The summed E-state index contributed by atoms with van der Waals surface area (Å²) in [6.45, 7) is 8.51. The molecule has 1 aliphatic rings. The molecule has 4 heteroatoms. The molecule has 1 saturated heterocycles. The Morgan fingerprint density at radius 1 is 1.00 bits per heavy atom. The number of hydrogen-bond donors (Lipinski definition) is 1. The fourth-order valence-corrected chi connectivity index (χ4v) is 3.21. The second-order valence-electron chi connectivity index (χ2n) is 6.98. The van der Waals surface area contributed by atoms with E-state index in [0.717, 1.165) is 28.1 Å². The van der Waals surface area contributed by atoms with Crippen LogP contribution >= 0.6 is 0 Å². The van der Waals surface area contributed by atoms with Crippen LogP contribution in [0.15, 0.2) is 36.4 Å². The Labute approximate surface area is 148 Å². The van der Waals surface area contributed by atoms with Crippen LogP contribution in [0.25, 0.3) is 0 Å². The average molecular weight is 336 g/mol. The second kappa shape index (κ2) is 6.71. The van der Waals surface area contributed by atoms with Gasteiger partial charge in [0.15, 0.2) is 0 Å². The van der Waals surface area contributed by atoms with Crippen LogP contribution in [0.4, 0.5) is 11.4 Å². The zero-order chi connectivity index (χ0) is 18.1. The molecular weight excluding hydrogens is 312 g/mol. The Balaban J connectivity index is 1.73. The average Bonchev–Trinajstić information content (AvgIpc) is 2.95. The quantitative estimate of drug-likeness (QED) is 0.924. The van der Waals surface area contributed by atoms with Crippen LogP contribution in [0.3, 0.4) is 0 Å². The Bertz CT molecular complexity index is 842. The van der Waals surface area contributed by atoms with Crippen molar-refractivity contribution in [3.8, 4) is 0 Å². The first-order chi connectivity index (χ1) is 11.8. The Morgan fingerprint density at radius 3 is 2.44 bits per heavy atom. The van der Waals surface area contributed by atoms with E-state index in [-0.39, 0.29) is 24.2 Å². The van der Waals surface area contributed by atoms with Crippen molar-refractivity contribution in [1.29, 1.82) is 0 Å². The minimum absolute atomic E-state index is 0.00373. The van der Waals surface area contributed by atoms with Crippen LogP contribution < -0.4 is 10.2 Å². The summed E-state index contributed by atoms with van der Waals surface area (Å²) in [6, 6.07) is 11.9. The lowest BCUT2D eigenvalue weighted by Gasteiger charge is -2.18. The predicted molar refractivity (Wildman–Crippen MR) is 101 cm³/mol. The highest BCUT2D eigenvalue weighted by molar-refractivity contribution is 6.03. The molecule has 3 rings (SSSR count). The van der Waals surface area contributed by atoms with Gasteiger partial charge in [0.2, 0.25) is 11.8 Å². The second-order valence-corrected chi connectivity index (χ2v) is 6.98. The lowest BCUT2D eigenvalue weighted by atomic mass is 10.1. The van der Waals surface area contributed by atoms with Gasteiger partial charge in [-0.05, 0) is 62.6 Å². The molecule has 0 bridgehead atoms. The van der Waals surface area contributed by atoms with Crippen LogP contribution in [0.1, 0.15) is 28.7 Å². The first-order valence-corrected chi connectivity index (χ1v) is 8.61. The van der Waals surface area contributed by atoms with Gasteiger partial charge >= 0.3 is 0 Å². The van der Waals surface area contributed by atoms with Gasteiger partial charge in [0.1, 0.15) is 0 Å². The van der Waals surface area contributed by atoms with Gasteiger partial charge in [0, 0.05) is 24.3 Å². The first-order valence-electron chi connectivity index (χ1n) is 8.61. The van der Waals surface area contributed by atoms with E-state index in [4.69, 9.17) is 0 Å². The number of anilines is 2. The Morgan fingerprint density at radius 2 is 1.76 bits per heavy atom. The molecule has 4 nitrogen and oxygen atoms in total. The molecule has 2 aromatic rings. The third-order valence-electron chi connectivity index (χ3n) is 4.94. The van der Waals surface area contributed by atoms with Crippen LogP contribution in [0, 0.1) is 33.6 Å². The van der Waals surface area contributed by atoms with Crippen LogP contribution in [0.5, 0.6) is 0 Å². The van der Waals surface area contributed by atoms with Crippen molar-refractivity contribution in [3.05, 3.63) is 58.7 Å². The predicted octanol–water partition coefficient (Wildman–Crippen LogP) is 3.91. The van der Waals surface area contributed by atoms with Crippen molar-refractivity contribution in [2.45, 2.75) is 34.1 Å². The number of nitrogens with zero attached hydrogens (tertiary/aromatic N) is 1. The Kier molecular flexibility index (Phi) is 4.62. The number of hydrogen-bond acceptors (Lipinski definition) is 2. The molecule has 0 unspecified atom stereocenters. The molecule has 25 heavy (non-hydrogen) atoms. The summed E-state index contributed by atoms with van der Waals surface area (Å²) in [5.74, 6) is -0.412. The van der Waals surface area contributed by atoms with Crippen LogP contribution in [-0.2, 0) is 9.59 Å². The lowest BCUT2D eigenvalue weighted by Crippen LogP contribution is -2.28. The molecule has 130 valence electrons. The van der Waals surface area contributed by atoms with Gasteiger partial charge in [0.05, 0.1) is 5.92 Å². The smallest absolute Gasteiger partial charge is 0.229 e. The van der Waals surface area contributed by atoms with E-state index in [1.54, 1.807) is 4.90 Å². The lowest BCUT2D eigenvalue weighted by molar-refractivity contribution is -0.122. The van der Waals surface area contributed by atoms with Crippen molar-refractivity contribution >= 4 is 23.2 Å². The van der Waals surface area contributed by atoms with Gasteiger partial charge in [-0.15, -0.1) is 0 Å². The van der Waals surface area contributed by atoms with Gasteiger partial charge in [0.25, 0.3) is 0 Å². The summed E-state index contributed by atoms with van der Waals surface area (Å²) in [5.41, 5.74) is 6.21. The van der Waals surface area contributed by atoms with Gasteiger partial charge in [-0.1, -0.05) is 23.8 Å². The zero-order valence-corrected chi connectivity index (χ0v) is 15.2. The number of benzene rings is 2. The van der Waals surface area contributed by atoms with Crippen molar-refractivity contribution < 1.29 is 9.59 Å². The molecule has 1 atom stereocenters. The number of aryl methyl sites for hydroxylation is 4. The van der Waals surface area contributed by atoms with E-state index in [0.29, 0.717) is 6.54 Å². The summed E-state index contributed by atoms with van der Waals surface area (Å²) in [4.78, 5) is 26.7. The number of rotatable bonds is 3. The highest BCUT2D eigenvalue weighted by atomic mass is 16.2. The van der Waals surface area contributed by atoms with Gasteiger partial charge in [-0.25, -0.2) is 0 Å². The summed E-state index contributed by atoms with van der Waals surface area (Å²) < 4.78 is 0. The molecular formula is C21H24N2O2. The van der Waals surface area contributed by atoms with E-state index >= 15 is 0 Å². The van der Waals surface area contributed by atoms with Crippen molar-refractivity contribution in [3.63, 3.8) is 0 Å². The van der Waals surface area contributed by atoms with Crippen molar-refractivity contribution in [2.24, 2.45) is 5.92 Å². The van der Waals surface area contributed by atoms with Gasteiger partial charge in [-0.2, -0.15) is 0 Å². The van der Waals surface area contributed by atoms with E-state index < -0.39 is 0 Å². The maximum Gasteiger partial charge on any atom is 0.229 e. The van der Waals surface area contributed by atoms with Gasteiger partial charge < -0.3 is 10.2 Å². The Hall–Kier alpha value is -2.62. The number of carbonyl (C=O) groups is 2. The minimum atomic E-state index is -0.324. The molecule has 2 amide bonds. The molecule has 1 N–H and O–H groups in total. The molecule has 0 aromatic heterocycles. The maximum absolute atomic E-state index is 12.6. The summed E-state index contributed by atoms with van der Waals surface area (Å²) >= 11 is 0. The van der Waals surface area contributed by atoms with E-state index in [1.807, 2.05) is 64.1 Å². The molecule has 2 aromatic carbocycles. The van der Waals surface area contributed by atoms with Crippen LogP contribution in [0.2, 0.25) is 0 Å². The standard InChI is InChI=1S/C21H24N2O2/c1-13-5-8-19(16(4)9-13)22-21(25)17-11-20(24)23(12-17)18-7-6-14(2)15(3)10-18/h5-10,17H,11-12H2,1-4H3,(H,22,25)/t17-/m1/s1. The van der Waals surface area contributed by atoms with E-state index in [9.17, 15) is 9.59 Å². The third kappa shape index (κ3) is 3.58. The van der Waals surface area contributed by atoms with Crippen molar-refractivity contribution in [1.82, 2.24) is 0 Å². The summed E-state index contributed by atoms with van der Waals surface area (Å²) in [5, 5.41) is 2.97. The maximum atomic E-state index is 12.6. The molecule has 0 saturated carbocycles. The number of amides is 2. The van der Waals surface area contributed by atoms with E-state index in [1.165, 1.54) is 5.56 Å². The van der Waals surface area contributed by atoms with Gasteiger partial charge in [-0.3, -0.25) is 9.59 Å². The normalized spacial score (nSPS) is 17.0. The highest BCUT2D eigenvalue weighted by Gasteiger charge is 2.35.